The highest BCUT2D eigenvalue weighted by molar-refractivity contribution is 7.11. The van der Waals surface area contributed by atoms with E-state index in [4.69, 9.17) is 5.73 Å². The minimum Gasteiger partial charge on any atom is -0.382 e. The van der Waals surface area contributed by atoms with Crippen LogP contribution in [0.3, 0.4) is 0 Å². The van der Waals surface area contributed by atoms with E-state index >= 15 is 0 Å². The Balaban J connectivity index is 2.16. The first-order valence-electron chi connectivity index (χ1n) is 7.48. The molecule has 0 unspecified atom stereocenters. The van der Waals surface area contributed by atoms with E-state index in [1.807, 2.05) is 14.1 Å². The van der Waals surface area contributed by atoms with Crippen LogP contribution in [-0.4, -0.2) is 55.0 Å². The second kappa shape index (κ2) is 7.09. The van der Waals surface area contributed by atoms with Crippen molar-refractivity contribution in [3.8, 4) is 0 Å². The van der Waals surface area contributed by atoms with Crippen LogP contribution in [0.5, 0.6) is 0 Å². The summed E-state index contributed by atoms with van der Waals surface area (Å²) in [5.74, 6) is 0.267. The smallest absolute Gasteiger partial charge is 0.258 e. The molecule has 1 aromatic rings. The number of rotatable bonds is 8. The van der Waals surface area contributed by atoms with Crippen molar-refractivity contribution in [3.63, 3.8) is 0 Å². The molecule has 0 aromatic carbocycles. The predicted octanol–water partition coefficient (Wildman–Crippen LogP) is 1.40. The number of amides is 1. The van der Waals surface area contributed by atoms with Gasteiger partial charge in [-0.25, -0.2) is 0 Å². The summed E-state index contributed by atoms with van der Waals surface area (Å²) >= 11 is 1.32. The maximum Gasteiger partial charge on any atom is 0.258 e. The molecule has 1 heterocycles. The van der Waals surface area contributed by atoms with Gasteiger partial charge in [-0.3, -0.25) is 4.79 Å². The number of carbonyl (C=O) groups excluding carboxylic acids is 1. The number of hydrogen-bond donors (Lipinski definition) is 2. The molecule has 0 spiro atoms. The van der Waals surface area contributed by atoms with E-state index < -0.39 is 0 Å². The van der Waals surface area contributed by atoms with Crippen molar-refractivity contribution < 1.29 is 4.79 Å². The van der Waals surface area contributed by atoms with Crippen molar-refractivity contribution in [1.29, 1.82) is 0 Å². The minimum absolute atomic E-state index is 0.0790. The first-order chi connectivity index (χ1) is 10.0. The Hall–Kier alpha value is -1.34. The van der Waals surface area contributed by atoms with Gasteiger partial charge in [0.05, 0.1) is 0 Å². The molecule has 0 aliphatic heterocycles. The zero-order chi connectivity index (χ0) is 15.4. The molecule has 21 heavy (non-hydrogen) atoms. The van der Waals surface area contributed by atoms with Crippen LogP contribution >= 0.6 is 11.5 Å². The number of nitrogens with two attached hydrogens (primary N) is 1. The van der Waals surface area contributed by atoms with E-state index in [0.29, 0.717) is 17.4 Å². The molecule has 1 amide bonds. The molecule has 0 radical (unpaired) electrons. The first-order valence-corrected chi connectivity index (χ1v) is 8.26. The number of anilines is 2. The lowest BCUT2D eigenvalue weighted by Gasteiger charge is -2.25. The molecule has 1 saturated carbocycles. The summed E-state index contributed by atoms with van der Waals surface area (Å²) < 4.78 is 4.20. The van der Waals surface area contributed by atoms with Crippen molar-refractivity contribution in [2.45, 2.75) is 32.2 Å². The third-order valence-electron chi connectivity index (χ3n) is 3.44. The fourth-order valence-corrected chi connectivity index (χ4v) is 2.98. The van der Waals surface area contributed by atoms with Gasteiger partial charge in [0.25, 0.3) is 5.91 Å². The zero-order valence-corrected chi connectivity index (χ0v) is 13.9. The lowest BCUT2D eigenvalue weighted by molar-refractivity contribution is 0.0952. The molecule has 1 fully saturated rings. The van der Waals surface area contributed by atoms with Crippen molar-refractivity contribution in [2.75, 3.05) is 44.4 Å². The number of nitrogens with one attached hydrogen (secondary N) is 1. The van der Waals surface area contributed by atoms with E-state index in [2.05, 4.69) is 26.4 Å². The summed E-state index contributed by atoms with van der Waals surface area (Å²) in [5.41, 5.74) is 6.48. The highest BCUT2D eigenvalue weighted by Crippen LogP contribution is 2.31. The first kappa shape index (κ1) is 16.0. The molecule has 118 valence electrons. The summed E-state index contributed by atoms with van der Waals surface area (Å²) in [7, 11) is 4.09. The second-order valence-electron chi connectivity index (χ2n) is 5.79. The predicted molar refractivity (Wildman–Crippen MR) is 88.1 cm³/mol. The van der Waals surface area contributed by atoms with Gasteiger partial charge < -0.3 is 20.9 Å². The average molecular weight is 311 g/mol. The normalized spacial score (nSPS) is 14.5. The SMILES string of the molecule is CCCN(CCN(C)C)c1snc(N)c1C(=O)NC1CC1. The van der Waals surface area contributed by atoms with Gasteiger partial charge in [0, 0.05) is 25.7 Å². The van der Waals surface area contributed by atoms with Crippen molar-refractivity contribution in [2.24, 2.45) is 0 Å². The van der Waals surface area contributed by atoms with E-state index in [0.717, 1.165) is 43.9 Å². The molecule has 7 heteroatoms. The van der Waals surface area contributed by atoms with Gasteiger partial charge in [0.1, 0.15) is 10.6 Å². The van der Waals surface area contributed by atoms with Gasteiger partial charge in [-0.2, -0.15) is 4.37 Å². The highest BCUT2D eigenvalue weighted by Gasteiger charge is 2.28. The van der Waals surface area contributed by atoms with Gasteiger partial charge >= 0.3 is 0 Å². The summed E-state index contributed by atoms with van der Waals surface area (Å²) in [6, 6.07) is 0.325. The molecule has 1 aliphatic carbocycles. The molecule has 1 aliphatic rings. The van der Waals surface area contributed by atoms with E-state index in [-0.39, 0.29) is 5.91 Å². The highest BCUT2D eigenvalue weighted by atomic mass is 32.1. The Labute approximate surface area is 130 Å². The topological polar surface area (TPSA) is 74.5 Å². The average Bonchev–Trinajstić information content (AvgIpc) is 3.15. The Bertz CT molecular complexity index is 484. The summed E-state index contributed by atoms with van der Waals surface area (Å²) in [6.45, 7) is 4.84. The number of nitrogen functional groups attached to an aromatic ring is 1. The van der Waals surface area contributed by atoms with E-state index in [1.165, 1.54) is 11.5 Å². The Morgan fingerprint density at radius 3 is 2.67 bits per heavy atom. The van der Waals surface area contributed by atoms with Crippen LogP contribution in [-0.2, 0) is 0 Å². The van der Waals surface area contributed by atoms with Gasteiger partial charge in [-0.05, 0) is 44.9 Å². The maximum atomic E-state index is 12.4. The monoisotopic (exact) mass is 311 g/mol. The van der Waals surface area contributed by atoms with Crippen molar-refractivity contribution in [1.82, 2.24) is 14.6 Å². The zero-order valence-electron chi connectivity index (χ0n) is 13.1. The van der Waals surface area contributed by atoms with Crippen LogP contribution in [0, 0.1) is 0 Å². The number of hydrogen-bond acceptors (Lipinski definition) is 6. The molecular weight excluding hydrogens is 286 g/mol. The van der Waals surface area contributed by atoms with Crippen LogP contribution in [0.2, 0.25) is 0 Å². The fourth-order valence-electron chi connectivity index (χ4n) is 2.11. The lowest BCUT2D eigenvalue weighted by Crippen LogP contribution is -2.34. The van der Waals surface area contributed by atoms with Gasteiger partial charge in [-0.1, -0.05) is 6.92 Å². The summed E-state index contributed by atoms with van der Waals surface area (Å²) in [6.07, 6.45) is 3.16. The lowest BCUT2D eigenvalue weighted by atomic mass is 10.2. The molecule has 0 bridgehead atoms. The second-order valence-corrected chi connectivity index (χ2v) is 6.54. The Kier molecular flexibility index (Phi) is 5.41. The van der Waals surface area contributed by atoms with E-state index in [9.17, 15) is 4.79 Å². The standard InChI is InChI=1S/C14H25N5OS/c1-4-7-19(9-8-18(2)3)14-11(12(15)17-21-14)13(20)16-10-5-6-10/h10H,4-9H2,1-3H3,(H2,15,17)(H,16,20). The van der Waals surface area contributed by atoms with Crippen LogP contribution in [0.25, 0.3) is 0 Å². The molecule has 0 saturated heterocycles. The third kappa shape index (κ3) is 4.31. The molecule has 0 atom stereocenters. The maximum absolute atomic E-state index is 12.4. The van der Waals surface area contributed by atoms with E-state index in [1.54, 1.807) is 0 Å². The number of likely N-dealkylation sites (N-methyl/N-ethyl adjacent to an activating group) is 1. The molecule has 2 rings (SSSR count). The summed E-state index contributed by atoms with van der Waals surface area (Å²) in [4.78, 5) is 16.7. The van der Waals surface area contributed by atoms with Crippen LogP contribution in [0.1, 0.15) is 36.5 Å². The van der Waals surface area contributed by atoms with Crippen LogP contribution < -0.4 is 16.0 Å². The molecule has 3 N–H and O–H groups in total. The quantitative estimate of drug-likeness (QED) is 0.759. The molecule has 1 aromatic heterocycles. The van der Waals surface area contributed by atoms with Crippen LogP contribution in [0.4, 0.5) is 10.8 Å². The van der Waals surface area contributed by atoms with Gasteiger partial charge in [0.2, 0.25) is 0 Å². The van der Waals surface area contributed by atoms with Crippen LogP contribution in [0.15, 0.2) is 0 Å². The molecule has 6 nitrogen and oxygen atoms in total. The number of carbonyl (C=O) groups is 1. The van der Waals surface area contributed by atoms with Crippen molar-refractivity contribution >= 4 is 28.3 Å². The Morgan fingerprint density at radius 2 is 2.10 bits per heavy atom. The Morgan fingerprint density at radius 1 is 1.38 bits per heavy atom. The van der Waals surface area contributed by atoms with Gasteiger partial charge in [-0.15, -0.1) is 0 Å². The molecular formula is C14H25N5OS. The minimum atomic E-state index is -0.0790. The van der Waals surface area contributed by atoms with Gasteiger partial charge in [0.15, 0.2) is 5.82 Å². The number of nitrogens with zero attached hydrogens (tertiary/aromatic N) is 3. The summed E-state index contributed by atoms with van der Waals surface area (Å²) in [5, 5.41) is 3.91. The van der Waals surface area contributed by atoms with Crippen molar-refractivity contribution in [3.05, 3.63) is 5.56 Å². The number of aromatic nitrogens is 1. The largest absolute Gasteiger partial charge is 0.382 e. The third-order valence-corrected chi connectivity index (χ3v) is 4.36. The fraction of sp³-hybridized carbons (Fsp3) is 0.714.